The van der Waals surface area contributed by atoms with Crippen molar-refractivity contribution < 1.29 is 14.3 Å². The molecule has 0 saturated heterocycles. The van der Waals surface area contributed by atoms with Crippen molar-refractivity contribution in [2.75, 3.05) is 19.0 Å². The number of amides is 1. The molecule has 1 amide bonds. The van der Waals surface area contributed by atoms with Crippen molar-refractivity contribution in [2.24, 2.45) is 0 Å². The van der Waals surface area contributed by atoms with Crippen LogP contribution in [0.25, 0.3) is 0 Å². The van der Waals surface area contributed by atoms with Gasteiger partial charge in [-0.15, -0.1) is 0 Å². The zero-order valence-corrected chi connectivity index (χ0v) is 14.0. The van der Waals surface area contributed by atoms with Crippen LogP contribution >= 0.6 is 0 Å². The highest BCUT2D eigenvalue weighted by Crippen LogP contribution is 2.16. The van der Waals surface area contributed by atoms with Crippen LogP contribution in [0.2, 0.25) is 0 Å². The molecular formula is C19H22N2O3. The molecule has 0 heterocycles. The lowest BCUT2D eigenvalue weighted by molar-refractivity contribution is -0.116. The predicted octanol–water partition coefficient (Wildman–Crippen LogP) is 2.90. The van der Waals surface area contributed by atoms with Crippen molar-refractivity contribution in [1.29, 1.82) is 0 Å². The number of esters is 1. The summed E-state index contributed by atoms with van der Waals surface area (Å²) in [7, 11) is 1.32. The van der Waals surface area contributed by atoms with Gasteiger partial charge in [0.25, 0.3) is 0 Å². The summed E-state index contributed by atoms with van der Waals surface area (Å²) in [5.74, 6) is -0.618. The summed E-state index contributed by atoms with van der Waals surface area (Å²) in [5.41, 5.74) is 3.25. The van der Waals surface area contributed by atoms with Crippen LogP contribution in [0.3, 0.4) is 0 Å². The van der Waals surface area contributed by atoms with Crippen LogP contribution in [0.15, 0.2) is 48.5 Å². The number of carbonyl (C=O) groups excluding carboxylic acids is 2. The monoisotopic (exact) mass is 326 g/mol. The third-order valence-electron chi connectivity index (χ3n) is 3.71. The molecule has 0 aliphatic heterocycles. The van der Waals surface area contributed by atoms with Gasteiger partial charge in [-0.25, -0.2) is 4.79 Å². The second-order valence-electron chi connectivity index (χ2n) is 5.44. The molecule has 0 atom stereocenters. The molecule has 5 heteroatoms. The minimum atomic E-state index is -0.469. The minimum Gasteiger partial charge on any atom is -0.465 e. The van der Waals surface area contributed by atoms with Crippen molar-refractivity contribution >= 4 is 17.6 Å². The highest BCUT2D eigenvalue weighted by Gasteiger charge is 2.12. The van der Waals surface area contributed by atoms with Crippen molar-refractivity contribution in [3.63, 3.8) is 0 Å². The van der Waals surface area contributed by atoms with Gasteiger partial charge < -0.3 is 15.4 Å². The van der Waals surface area contributed by atoms with Gasteiger partial charge in [0.05, 0.1) is 18.4 Å². The van der Waals surface area contributed by atoms with Gasteiger partial charge >= 0.3 is 5.97 Å². The summed E-state index contributed by atoms with van der Waals surface area (Å²) in [6.45, 7) is 3.34. The smallest absolute Gasteiger partial charge is 0.339 e. The molecule has 5 nitrogen and oxygen atoms in total. The van der Waals surface area contributed by atoms with E-state index in [2.05, 4.69) is 29.7 Å². The maximum atomic E-state index is 12.1. The summed E-state index contributed by atoms with van der Waals surface area (Å²) < 4.78 is 4.71. The fraction of sp³-hybridized carbons (Fsp3) is 0.263. The van der Waals surface area contributed by atoms with E-state index in [1.54, 1.807) is 24.3 Å². The van der Waals surface area contributed by atoms with Crippen molar-refractivity contribution in [2.45, 2.75) is 19.9 Å². The van der Waals surface area contributed by atoms with Gasteiger partial charge in [0.15, 0.2) is 0 Å². The first-order chi connectivity index (χ1) is 11.6. The highest BCUT2D eigenvalue weighted by atomic mass is 16.5. The zero-order valence-electron chi connectivity index (χ0n) is 14.0. The number of aryl methyl sites for hydroxylation is 1. The number of anilines is 1. The molecule has 126 valence electrons. The molecule has 24 heavy (non-hydrogen) atoms. The first-order valence-corrected chi connectivity index (χ1v) is 7.84. The van der Waals surface area contributed by atoms with Crippen molar-refractivity contribution in [3.05, 3.63) is 65.2 Å². The highest BCUT2D eigenvalue weighted by molar-refractivity contribution is 6.01. The molecule has 0 saturated carbocycles. The van der Waals surface area contributed by atoms with Crippen LogP contribution in [0.1, 0.15) is 27.9 Å². The molecule has 0 spiro atoms. The van der Waals surface area contributed by atoms with E-state index in [1.165, 1.54) is 18.2 Å². The van der Waals surface area contributed by atoms with Gasteiger partial charge in [0, 0.05) is 19.5 Å². The van der Waals surface area contributed by atoms with E-state index >= 15 is 0 Å². The number of nitrogens with one attached hydrogen (secondary N) is 2. The number of benzene rings is 2. The van der Waals surface area contributed by atoms with Gasteiger partial charge in [-0.05, 0) is 30.2 Å². The number of hydrogen-bond donors (Lipinski definition) is 2. The second kappa shape index (κ2) is 8.84. The standard InChI is InChI=1S/C19H22N2O3/c1-14-7-3-4-8-15(14)13-20-12-11-18(22)21-17-10-6-5-9-16(17)19(23)24-2/h3-10,20H,11-13H2,1-2H3,(H,21,22). The summed E-state index contributed by atoms with van der Waals surface area (Å²) >= 11 is 0. The van der Waals surface area contributed by atoms with Crippen LogP contribution in [0.5, 0.6) is 0 Å². The van der Waals surface area contributed by atoms with Crippen LogP contribution in [0, 0.1) is 6.92 Å². The maximum absolute atomic E-state index is 12.1. The van der Waals surface area contributed by atoms with Gasteiger partial charge in [0.1, 0.15) is 0 Å². The number of para-hydroxylation sites is 1. The normalized spacial score (nSPS) is 10.2. The number of ether oxygens (including phenoxy) is 1. The van der Waals surface area contributed by atoms with Crippen molar-refractivity contribution in [1.82, 2.24) is 5.32 Å². The Morgan fingerprint density at radius 3 is 2.50 bits per heavy atom. The van der Waals surface area contributed by atoms with Crippen LogP contribution < -0.4 is 10.6 Å². The SMILES string of the molecule is COC(=O)c1ccccc1NC(=O)CCNCc1ccccc1C. The Hall–Kier alpha value is -2.66. The molecule has 2 rings (SSSR count). The number of carbonyl (C=O) groups is 2. The molecule has 2 aromatic carbocycles. The molecule has 2 aromatic rings. The maximum Gasteiger partial charge on any atom is 0.339 e. The van der Waals surface area contributed by atoms with Crippen molar-refractivity contribution in [3.8, 4) is 0 Å². The molecule has 0 aliphatic carbocycles. The fourth-order valence-electron chi connectivity index (χ4n) is 2.33. The predicted molar refractivity (Wildman–Crippen MR) is 93.9 cm³/mol. The zero-order chi connectivity index (χ0) is 17.4. The van der Waals surface area contributed by atoms with E-state index in [9.17, 15) is 9.59 Å². The van der Waals surface area contributed by atoms with E-state index in [0.717, 1.165) is 6.54 Å². The minimum absolute atomic E-state index is 0.149. The summed E-state index contributed by atoms with van der Waals surface area (Å²) in [6, 6.07) is 14.9. The molecule has 0 aromatic heterocycles. The van der Waals surface area contributed by atoms with Crippen LogP contribution in [-0.4, -0.2) is 25.5 Å². The number of hydrogen-bond acceptors (Lipinski definition) is 4. The van der Waals surface area contributed by atoms with E-state index in [4.69, 9.17) is 4.74 Å². The third kappa shape index (κ3) is 4.93. The molecular weight excluding hydrogens is 304 g/mol. The summed E-state index contributed by atoms with van der Waals surface area (Å²) in [5, 5.41) is 6.01. The average molecular weight is 326 g/mol. The molecule has 0 unspecified atom stereocenters. The Morgan fingerprint density at radius 1 is 1.04 bits per heavy atom. The quantitative estimate of drug-likeness (QED) is 0.606. The average Bonchev–Trinajstić information content (AvgIpc) is 2.60. The van der Waals surface area contributed by atoms with Gasteiger partial charge in [-0.2, -0.15) is 0 Å². The molecule has 0 radical (unpaired) electrons. The lowest BCUT2D eigenvalue weighted by Crippen LogP contribution is -2.22. The topological polar surface area (TPSA) is 67.4 Å². The Balaban J connectivity index is 1.82. The van der Waals surface area contributed by atoms with E-state index < -0.39 is 5.97 Å². The Labute approximate surface area is 142 Å². The second-order valence-corrected chi connectivity index (χ2v) is 5.44. The molecule has 0 fully saturated rings. The lowest BCUT2D eigenvalue weighted by atomic mass is 10.1. The largest absolute Gasteiger partial charge is 0.465 e. The van der Waals surface area contributed by atoms with Gasteiger partial charge in [-0.3, -0.25) is 4.79 Å². The van der Waals surface area contributed by atoms with E-state index in [1.807, 2.05) is 12.1 Å². The molecule has 0 aliphatic rings. The summed E-state index contributed by atoms with van der Waals surface area (Å²) in [6.07, 6.45) is 0.321. The lowest BCUT2D eigenvalue weighted by Gasteiger charge is -2.10. The molecule has 2 N–H and O–H groups in total. The van der Waals surface area contributed by atoms with Gasteiger partial charge in [0.2, 0.25) is 5.91 Å². The first-order valence-electron chi connectivity index (χ1n) is 7.84. The van der Waals surface area contributed by atoms with Crippen LogP contribution in [-0.2, 0) is 16.1 Å². The fourth-order valence-corrected chi connectivity index (χ4v) is 2.33. The first kappa shape index (κ1) is 17.7. The third-order valence-corrected chi connectivity index (χ3v) is 3.71. The Bertz CT molecular complexity index is 713. The van der Waals surface area contributed by atoms with E-state index in [0.29, 0.717) is 24.2 Å². The Morgan fingerprint density at radius 2 is 1.75 bits per heavy atom. The Kier molecular flexibility index (Phi) is 6.51. The summed E-state index contributed by atoms with van der Waals surface area (Å²) in [4.78, 5) is 23.7. The molecule has 0 bridgehead atoms. The van der Waals surface area contributed by atoms with E-state index in [-0.39, 0.29) is 5.91 Å². The van der Waals surface area contributed by atoms with Crippen LogP contribution in [0.4, 0.5) is 5.69 Å². The number of methoxy groups -OCH3 is 1. The van der Waals surface area contributed by atoms with Gasteiger partial charge in [-0.1, -0.05) is 36.4 Å². The number of rotatable bonds is 7.